The summed E-state index contributed by atoms with van der Waals surface area (Å²) < 4.78 is 1.95. The Morgan fingerprint density at radius 2 is 2.30 bits per heavy atom. The van der Waals surface area contributed by atoms with Gasteiger partial charge >= 0.3 is 0 Å². The number of allylic oxidation sites excluding steroid dienone is 1. The van der Waals surface area contributed by atoms with Crippen molar-refractivity contribution in [1.82, 2.24) is 9.55 Å². The van der Waals surface area contributed by atoms with Crippen LogP contribution in [-0.2, 0) is 17.8 Å². The molecular weight excluding hydrogens is 310 g/mol. The van der Waals surface area contributed by atoms with E-state index in [1.165, 1.54) is 11.8 Å². The fourth-order valence-electron chi connectivity index (χ4n) is 2.48. The standard InChI is InChI=1S/C17H17N3O2S/c1-2-8-20-9-7-18-17(20)23-11-15(21)13-3-5-14-12(10-13)4-6-16(22)19-14/h2-3,5,7,9-10H,1,4,6,8,11H2,(H,19,22). The smallest absolute Gasteiger partial charge is 0.224 e. The van der Waals surface area contributed by atoms with Gasteiger partial charge in [0, 0.05) is 36.6 Å². The fraction of sp³-hybridized carbons (Fsp3) is 0.235. The zero-order chi connectivity index (χ0) is 16.2. The highest BCUT2D eigenvalue weighted by atomic mass is 32.2. The maximum Gasteiger partial charge on any atom is 0.224 e. The van der Waals surface area contributed by atoms with E-state index in [-0.39, 0.29) is 11.7 Å². The molecule has 1 aliphatic rings. The molecule has 23 heavy (non-hydrogen) atoms. The molecule has 0 atom stereocenters. The maximum atomic E-state index is 12.4. The number of amides is 1. The molecule has 0 spiro atoms. The molecule has 6 heteroatoms. The predicted molar refractivity (Wildman–Crippen MR) is 90.9 cm³/mol. The number of Topliss-reactive ketones (excluding diaryl/α,β-unsaturated/α-hetero) is 1. The van der Waals surface area contributed by atoms with Crippen LogP contribution in [0.4, 0.5) is 5.69 Å². The number of carbonyl (C=O) groups excluding carboxylic acids is 2. The first-order valence-electron chi connectivity index (χ1n) is 7.38. The lowest BCUT2D eigenvalue weighted by Gasteiger charge is -2.17. The van der Waals surface area contributed by atoms with Crippen LogP contribution < -0.4 is 5.32 Å². The highest BCUT2D eigenvalue weighted by Gasteiger charge is 2.17. The summed E-state index contributed by atoms with van der Waals surface area (Å²) in [5.74, 6) is 0.420. The Morgan fingerprint density at radius 1 is 1.43 bits per heavy atom. The molecule has 0 fully saturated rings. The van der Waals surface area contributed by atoms with Gasteiger partial charge in [-0.15, -0.1) is 6.58 Å². The topological polar surface area (TPSA) is 64.0 Å². The monoisotopic (exact) mass is 327 g/mol. The van der Waals surface area contributed by atoms with E-state index in [1.54, 1.807) is 18.3 Å². The van der Waals surface area contributed by atoms with Crippen LogP contribution in [0, 0.1) is 0 Å². The lowest BCUT2D eigenvalue weighted by Crippen LogP contribution is -2.19. The molecule has 0 unspecified atom stereocenters. The average Bonchev–Trinajstić information content (AvgIpc) is 2.99. The van der Waals surface area contributed by atoms with Crippen molar-refractivity contribution in [3.63, 3.8) is 0 Å². The summed E-state index contributed by atoms with van der Waals surface area (Å²) in [6.45, 7) is 4.39. The highest BCUT2D eigenvalue weighted by molar-refractivity contribution is 7.99. The molecule has 1 aliphatic heterocycles. The van der Waals surface area contributed by atoms with E-state index in [4.69, 9.17) is 0 Å². The Kier molecular flexibility index (Phi) is 4.62. The first-order chi connectivity index (χ1) is 11.2. The van der Waals surface area contributed by atoms with Gasteiger partial charge in [0.1, 0.15) is 0 Å². The zero-order valence-corrected chi connectivity index (χ0v) is 13.4. The summed E-state index contributed by atoms with van der Waals surface area (Å²) >= 11 is 1.42. The number of aryl methyl sites for hydroxylation is 1. The third-order valence-corrected chi connectivity index (χ3v) is 4.66. The van der Waals surface area contributed by atoms with E-state index in [2.05, 4.69) is 16.9 Å². The van der Waals surface area contributed by atoms with E-state index in [9.17, 15) is 9.59 Å². The van der Waals surface area contributed by atoms with Crippen LogP contribution in [0.3, 0.4) is 0 Å². The van der Waals surface area contributed by atoms with Crippen LogP contribution in [0.25, 0.3) is 0 Å². The molecule has 0 radical (unpaired) electrons. The second-order valence-corrected chi connectivity index (χ2v) is 6.23. The largest absolute Gasteiger partial charge is 0.326 e. The van der Waals surface area contributed by atoms with Crippen molar-refractivity contribution in [2.24, 2.45) is 0 Å². The molecule has 0 aliphatic carbocycles. The summed E-state index contributed by atoms with van der Waals surface area (Å²) in [6.07, 6.45) is 6.54. The van der Waals surface area contributed by atoms with Gasteiger partial charge in [-0.2, -0.15) is 0 Å². The first kappa shape index (κ1) is 15.6. The van der Waals surface area contributed by atoms with Gasteiger partial charge in [-0.25, -0.2) is 4.98 Å². The van der Waals surface area contributed by atoms with Crippen LogP contribution in [0.1, 0.15) is 22.3 Å². The molecule has 2 aromatic rings. The summed E-state index contributed by atoms with van der Waals surface area (Å²) in [6, 6.07) is 5.46. The Bertz CT molecular complexity index is 767. The number of benzene rings is 1. The van der Waals surface area contributed by atoms with Crippen molar-refractivity contribution >= 4 is 29.1 Å². The van der Waals surface area contributed by atoms with Crippen LogP contribution in [0.5, 0.6) is 0 Å². The van der Waals surface area contributed by atoms with Gasteiger partial charge < -0.3 is 9.88 Å². The third kappa shape index (κ3) is 3.53. The van der Waals surface area contributed by atoms with Crippen molar-refractivity contribution in [1.29, 1.82) is 0 Å². The number of nitrogens with zero attached hydrogens (tertiary/aromatic N) is 2. The van der Waals surface area contributed by atoms with Gasteiger partial charge in [-0.3, -0.25) is 9.59 Å². The molecule has 0 saturated carbocycles. The lowest BCUT2D eigenvalue weighted by molar-refractivity contribution is -0.116. The number of imidazole rings is 1. The molecule has 5 nitrogen and oxygen atoms in total. The molecule has 1 N–H and O–H groups in total. The quantitative estimate of drug-likeness (QED) is 0.503. The number of fused-ring (bicyclic) bond motifs is 1. The summed E-state index contributed by atoms with van der Waals surface area (Å²) in [5.41, 5.74) is 2.51. The van der Waals surface area contributed by atoms with E-state index in [1.807, 2.05) is 22.9 Å². The van der Waals surface area contributed by atoms with E-state index < -0.39 is 0 Å². The molecule has 0 bridgehead atoms. The summed E-state index contributed by atoms with van der Waals surface area (Å²) in [7, 11) is 0. The number of aromatic nitrogens is 2. The summed E-state index contributed by atoms with van der Waals surface area (Å²) in [5, 5.41) is 3.63. The number of carbonyl (C=O) groups is 2. The van der Waals surface area contributed by atoms with E-state index >= 15 is 0 Å². The molecule has 118 valence electrons. The van der Waals surface area contributed by atoms with E-state index in [0.717, 1.165) is 16.4 Å². The van der Waals surface area contributed by atoms with Crippen LogP contribution in [-0.4, -0.2) is 27.0 Å². The van der Waals surface area contributed by atoms with Gasteiger partial charge in [0.15, 0.2) is 10.9 Å². The van der Waals surface area contributed by atoms with Crippen molar-refractivity contribution in [3.8, 4) is 0 Å². The minimum Gasteiger partial charge on any atom is -0.326 e. The Hall–Kier alpha value is -2.34. The Morgan fingerprint density at radius 3 is 3.13 bits per heavy atom. The van der Waals surface area contributed by atoms with Crippen LogP contribution in [0.2, 0.25) is 0 Å². The molecule has 1 amide bonds. The molecule has 0 saturated heterocycles. The van der Waals surface area contributed by atoms with Gasteiger partial charge in [0.2, 0.25) is 5.91 Å². The molecule has 2 heterocycles. The van der Waals surface area contributed by atoms with Crippen molar-refractivity contribution in [2.75, 3.05) is 11.1 Å². The molecule has 1 aromatic carbocycles. The van der Waals surface area contributed by atoms with Crippen molar-refractivity contribution in [2.45, 2.75) is 24.5 Å². The first-order valence-corrected chi connectivity index (χ1v) is 8.37. The molecular formula is C17H17N3O2S. The van der Waals surface area contributed by atoms with Crippen molar-refractivity contribution < 1.29 is 9.59 Å². The number of thioether (sulfide) groups is 1. The number of anilines is 1. The predicted octanol–water partition coefficient (Wildman–Crippen LogP) is 2.93. The fourth-order valence-corrected chi connectivity index (χ4v) is 3.35. The Labute approximate surface area is 138 Å². The average molecular weight is 327 g/mol. The number of hydrogen-bond donors (Lipinski definition) is 1. The third-order valence-electron chi connectivity index (χ3n) is 3.66. The van der Waals surface area contributed by atoms with Gasteiger partial charge in [-0.1, -0.05) is 17.8 Å². The van der Waals surface area contributed by atoms with Crippen LogP contribution in [0.15, 0.2) is 48.4 Å². The number of nitrogens with one attached hydrogen (secondary N) is 1. The second-order valence-electron chi connectivity index (χ2n) is 5.28. The minimum atomic E-state index is 0.0289. The van der Waals surface area contributed by atoms with Crippen molar-refractivity contribution in [3.05, 3.63) is 54.4 Å². The number of rotatable bonds is 6. The van der Waals surface area contributed by atoms with Crippen LogP contribution >= 0.6 is 11.8 Å². The number of hydrogen-bond acceptors (Lipinski definition) is 4. The maximum absolute atomic E-state index is 12.4. The molecule has 1 aromatic heterocycles. The number of ketones is 1. The Balaban J connectivity index is 1.68. The zero-order valence-electron chi connectivity index (χ0n) is 12.6. The summed E-state index contributed by atoms with van der Waals surface area (Å²) in [4.78, 5) is 28.0. The van der Waals surface area contributed by atoms with Gasteiger partial charge in [0.25, 0.3) is 0 Å². The highest BCUT2D eigenvalue weighted by Crippen LogP contribution is 2.25. The second kappa shape index (κ2) is 6.83. The van der Waals surface area contributed by atoms with Gasteiger partial charge in [-0.05, 0) is 30.2 Å². The van der Waals surface area contributed by atoms with E-state index in [0.29, 0.717) is 30.7 Å². The normalized spacial score (nSPS) is 13.3. The van der Waals surface area contributed by atoms with Gasteiger partial charge in [0.05, 0.1) is 5.75 Å². The minimum absolute atomic E-state index is 0.0289. The lowest BCUT2D eigenvalue weighted by atomic mass is 9.99. The molecule has 3 rings (SSSR count). The SMILES string of the molecule is C=CCn1ccnc1SCC(=O)c1ccc2c(c1)CCC(=O)N2.